The molecule has 10 heteroatoms. The summed E-state index contributed by atoms with van der Waals surface area (Å²) >= 11 is 3.34. The van der Waals surface area contributed by atoms with E-state index >= 15 is 0 Å². The molecule has 1 atom stereocenters. The van der Waals surface area contributed by atoms with Gasteiger partial charge < -0.3 is 5.32 Å². The number of nitrogens with zero attached hydrogens (tertiary/aromatic N) is 1. The average Bonchev–Trinajstić information content (AvgIpc) is 2.67. The van der Waals surface area contributed by atoms with Crippen LogP contribution >= 0.6 is 15.9 Å². The van der Waals surface area contributed by atoms with Crippen LogP contribution < -0.4 is 10.0 Å². The molecule has 0 unspecified atom stereocenters. The van der Waals surface area contributed by atoms with E-state index in [1.165, 1.54) is 12.3 Å². The molecule has 0 saturated heterocycles. The van der Waals surface area contributed by atoms with Crippen LogP contribution in [0.4, 0.5) is 13.6 Å². The van der Waals surface area contributed by atoms with E-state index < -0.39 is 33.7 Å². The van der Waals surface area contributed by atoms with Crippen LogP contribution in [-0.4, -0.2) is 19.4 Å². The topological polar surface area (TPSA) is 88.2 Å². The van der Waals surface area contributed by atoms with Crippen LogP contribution in [-0.2, 0) is 16.4 Å². The van der Waals surface area contributed by atoms with Crippen LogP contribution in [0.3, 0.4) is 0 Å². The smallest absolute Gasteiger partial charge is 0.329 e. The van der Waals surface area contributed by atoms with Crippen molar-refractivity contribution in [3.63, 3.8) is 0 Å². The van der Waals surface area contributed by atoms with Crippen LogP contribution in [0.25, 0.3) is 0 Å². The Kier molecular flexibility index (Phi) is 7.01. The predicted molar refractivity (Wildman–Crippen MR) is 115 cm³/mol. The van der Waals surface area contributed by atoms with E-state index in [0.29, 0.717) is 15.7 Å². The standard InChI is InChI=1S/C21H18BrF2N3O3S/c1-13-5-2-3-7-19(13)31(29,30)27-21(28)26-18(20-17(22)6-4-8-25-20)11-14-9-15(23)12-16(24)10-14/h2-10,12,18H,11H2,1H3,(H2,26,27,28)/t18-/m0/s1. The Bertz CT molecular complexity index is 1200. The minimum atomic E-state index is -4.13. The van der Waals surface area contributed by atoms with Gasteiger partial charge in [0.25, 0.3) is 10.0 Å². The van der Waals surface area contributed by atoms with Crippen molar-refractivity contribution in [1.29, 1.82) is 0 Å². The monoisotopic (exact) mass is 509 g/mol. The molecule has 0 bridgehead atoms. The van der Waals surface area contributed by atoms with Gasteiger partial charge in [-0.2, -0.15) is 0 Å². The zero-order valence-electron chi connectivity index (χ0n) is 16.3. The first-order valence-corrected chi connectivity index (χ1v) is 11.4. The maximum absolute atomic E-state index is 13.6. The third-order valence-corrected chi connectivity index (χ3v) is 6.56. The van der Waals surface area contributed by atoms with Gasteiger partial charge in [-0.05, 0) is 70.7 Å². The van der Waals surface area contributed by atoms with E-state index in [1.54, 1.807) is 37.3 Å². The van der Waals surface area contributed by atoms with Crippen LogP contribution in [0.5, 0.6) is 0 Å². The molecule has 0 aliphatic rings. The number of hydrogen-bond acceptors (Lipinski definition) is 4. The highest BCUT2D eigenvalue weighted by molar-refractivity contribution is 9.10. The summed E-state index contributed by atoms with van der Waals surface area (Å²) in [5.41, 5.74) is 1.11. The Balaban J connectivity index is 1.87. The number of halogens is 3. The molecule has 31 heavy (non-hydrogen) atoms. The second-order valence-electron chi connectivity index (χ2n) is 6.75. The molecule has 2 N–H and O–H groups in total. The zero-order chi connectivity index (χ0) is 22.6. The summed E-state index contributed by atoms with van der Waals surface area (Å²) in [6.07, 6.45) is 1.46. The first kappa shape index (κ1) is 22.8. The average molecular weight is 510 g/mol. The Morgan fingerprint density at radius 2 is 1.77 bits per heavy atom. The van der Waals surface area contributed by atoms with Gasteiger partial charge in [0.2, 0.25) is 0 Å². The molecule has 0 aliphatic heterocycles. The van der Waals surface area contributed by atoms with E-state index in [9.17, 15) is 22.0 Å². The molecule has 162 valence electrons. The number of pyridine rings is 1. The van der Waals surface area contributed by atoms with Gasteiger partial charge in [-0.1, -0.05) is 18.2 Å². The molecule has 2 aromatic carbocycles. The predicted octanol–water partition coefficient (Wildman–Crippen LogP) is 4.40. The second kappa shape index (κ2) is 9.52. The summed E-state index contributed by atoms with van der Waals surface area (Å²) in [7, 11) is -4.13. The number of rotatable bonds is 6. The molecular formula is C21H18BrF2N3O3S. The van der Waals surface area contributed by atoms with Crippen molar-refractivity contribution in [3.8, 4) is 0 Å². The molecule has 3 rings (SSSR count). The number of hydrogen-bond donors (Lipinski definition) is 2. The molecule has 1 aromatic heterocycles. The highest BCUT2D eigenvalue weighted by atomic mass is 79.9. The van der Waals surface area contributed by atoms with Crippen LogP contribution in [0, 0.1) is 18.6 Å². The van der Waals surface area contributed by atoms with E-state index in [0.717, 1.165) is 18.2 Å². The maximum Gasteiger partial charge on any atom is 0.329 e. The lowest BCUT2D eigenvalue weighted by Gasteiger charge is -2.20. The van der Waals surface area contributed by atoms with Gasteiger partial charge in [-0.3, -0.25) is 4.98 Å². The lowest BCUT2D eigenvalue weighted by molar-refractivity contribution is 0.241. The zero-order valence-corrected chi connectivity index (χ0v) is 18.7. The summed E-state index contributed by atoms with van der Waals surface area (Å²) < 4.78 is 55.0. The third kappa shape index (κ3) is 5.86. The SMILES string of the molecule is Cc1ccccc1S(=O)(=O)NC(=O)N[C@@H](Cc1cc(F)cc(F)c1)c1ncccc1Br. The lowest BCUT2D eigenvalue weighted by atomic mass is 10.0. The molecule has 0 fully saturated rings. The van der Waals surface area contributed by atoms with Crippen molar-refractivity contribution in [2.45, 2.75) is 24.3 Å². The fraction of sp³-hybridized carbons (Fsp3) is 0.143. The van der Waals surface area contributed by atoms with Gasteiger partial charge in [-0.25, -0.2) is 26.7 Å². The number of carbonyl (C=O) groups excluding carboxylic acids is 1. The van der Waals surface area contributed by atoms with Gasteiger partial charge in [0, 0.05) is 16.7 Å². The van der Waals surface area contributed by atoms with Crippen molar-refractivity contribution in [2.75, 3.05) is 0 Å². The number of nitrogens with one attached hydrogen (secondary N) is 2. The lowest BCUT2D eigenvalue weighted by Crippen LogP contribution is -2.42. The minimum absolute atomic E-state index is 0.0257. The first-order chi connectivity index (χ1) is 14.7. The molecule has 2 amide bonds. The molecular weight excluding hydrogens is 492 g/mol. The molecule has 6 nitrogen and oxygen atoms in total. The number of benzene rings is 2. The third-order valence-electron chi connectivity index (χ3n) is 4.39. The molecule has 1 heterocycles. The highest BCUT2D eigenvalue weighted by Gasteiger charge is 2.24. The van der Waals surface area contributed by atoms with Gasteiger partial charge in [0.05, 0.1) is 16.6 Å². The number of aryl methyl sites for hydroxylation is 1. The number of urea groups is 1. The quantitative estimate of drug-likeness (QED) is 0.515. The Hall–Kier alpha value is -2.85. The van der Waals surface area contributed by atoms with E-state index in [1.807, 2.05) is 4.72 Å². The van der Waals surface area contributed by atoms with Gasteiger partial charge in [0.1, 0.15) is 11.6 Å². The molecule has 0 spiro atoms. The molecule has 0 aliphatic carbocycles. The Morgan fingerprint density at radius 1 is 1.10 bits per heavy atom. The van der Waals surface area contributed by atoms with Crippen molar-refractivity contribution in [3.05, 3.63) is 93.7 Å². The van der Waals surface area contributed by atoms with Crippen molar-refractivity contribution in [1.82, 2.24) is 15.0 Å². The number of sulfonamides is 1. The van der Waals surface area contributed by atoms with Crippen LogP contribution in [0.2, 0.25) is 0 Å². The number of aromatic nitrogens is 1. The fourth-order valence-corrected chi connectivity index (χ4v) is 4.75. The van der Waals surface area contributed by atoms with Gasteiger partial charge in [-0.15, -0.1) is 0 Å². The van der Waals surface area contributed by atoms with Crippen molar-refractivity contribution >= 4 is 32.0 Å². The molecule has 0 saturated carbocycles. The summed E-state index contributed by atoms with van der Waals surface area (Å²) in [5, 5.41) is 2.54. The van der Waals surface area contributed by atoms with E-state index in [4.69, 9.17) is 0 Å². The molecule has 0 radical (unpaired) electrons. The second-order valence-corrected chi connectivity index (χ2v) is 9.25. The minimum Gasteiger partial charge on any atom is -0.329 e. The number of amides is 2. The maximum atomic E-state index is 13.6. The highest BCUT2D eigenvalue weighted by Crippen LogP contribution is 2.25. The van der Waals surface area contributed by atoms with Gasteiger partial charge in [0.15, 0.2) is 0 Å². The first-order valence-electron chi connectivity index (χ1n) is 9.10. The fourth-order valence-electron chi connectivity index (χ4n) is 3.06. The van der Waals surface area contributed by atoms with E-state index in [2.05, 4.69) is 26.2 Å². The molecule has 3 aromatic rings. The van der Waals surface area contributed by atoms with Crippen molar-refractivity contribution in [2.24, 2.45) is 0 Å². The van der Waals surface area contributed by atoms with Gasteiger partial charge >= 0.3 is 6.03 Å². The summed E-state index contributed by atoms with van der Waals surface area (Å²) in [5.74, 6) is -1.53. The largest absolute Gasteiger partial charge is 0.329 e. The van der Waals surface area contributed by atoms with Crippen molar-refractivity contribution < 1.29 is 22.0 Å². The summed E-state index contributed by atoms with van der Waals surface area (Å²) in [6, 6.07) is 10.7. The number of carbonyl (C=O) groups is 1. The van der Waals surface area contributed by atoms with E-state index in [-0.39, 0.29) is 16.9 Å². The van der Waals surface area contributed by atoms with Crippen LogP contribution in [0.15, 0.2) is 70.2 Å². The Morgan fingerprint density at radius 3 is 2.42 bits per heavy atom. The van der Waals surface area contributed by atoms with Crippen LogP contribution in [0.1, 0.15) is 22.9 Å². The summed E-state index contributed by atoms with van der Waals surface area (Å²) in [6.45, 7) is 1.61. The summed E-state index contributed by atoms with van der Waals surface area (Å²) in [4.78, 5) is 16.8. The Labute approximate surface area is 186 Å². The normalized spacial score (nSPS) is 12.3.